The maximum atomic E-state index is 12.4. The van der Waals surface area contributed by atoms with Crippen molar-refractivity contribution < 1.29 is 14.3 Å². The van der Waals surface area contributed by atoms with E-state index in [0.717, 1.165) is 0 Å². The van der Waals surface area contributed by atoms with Gasteiger partial charge in [-0.3, -0.25) is 9.78 Å². The quantitative estimate of drug-likeness (QED) is 0.717. The molecular weight excluding hydrogens is 340 g/mol. The summed E-state index contributed by atoms with van der Waals surface area (Å²) in [6.45, 7) is 1.52. The Balaban J connectivity index is 1.71. The van der Waals surface area contributed by atoms with Crippen LogP contribution in [-0.4, -0.2) is 23.0 Å². The van der Waals surface area contributed by atoms with Gasteiger partial charge in [0.1, 0.15) is 0 Å². The molecule has 6 heteroatoms. The van der Waals surface area contributed by atoms with E-state index in [9.17, 15) is 9.59 Å². The number of nitrogens with one attached hydrogen (secondary N) is 1. The number of amides is 1. The zero-order valence-electron chi connectivity index (χ0n) is 13.4. The number of pyridine rings is 1. The summed E-state index contributed by atoms with van der Waals surface area (Å²) in [6.07, 6.45) is 0.703. The Morgan fingerprint density at radius 2 is 1.84 bits per heavy atom. The third-order valence-electron chi connectivity index (χ3n) is 3.63. The molecule has 25 heavy (non-hydrogen) atoms. The molecule has 0 bridgehead atoms. The normalized spacial score (nSPS) is 11.8. The Morgan fingerprint density at radius 1 is 1.08 bits per heavy atom. The van der Waals surface area contributed by atoms with E-state index in [2.05, 4.69) is 10.3 Å². The second-order valence-corrected chi connectivity index (χ2v) is 5.86. The molecule has 0 saturated heterocycles. The number of esters is 1. The largest absolute Gasteiger partial charge is 0.449 e. The molecule has 5 nitrogen and oxygen atoms in total. The highest BCUT2D eigenvalue weighted by Gasteiger charge is 2.20. The van der Waals surface area contributed by atoms with E-state index >= 15 is 0 Å². The molecule has 0 radical (unpaired) electrons. The average Bonchev–Trinajstić information content (AvgIpc) is 2.63. The Morgan fingerprint density at radius 3 is 2.60 bits per heavy atom. The van der Waals surface area contributed by atoms with Crippen LogP contribution < -0.4 is 5.32 Å². The number of carbonyl (C=O) groups is 2. The van der Waals surface area contributed by atoms with E-state index in [-0.39, 0.29) is 0 Å². The minimum atomic E-state index is -0.949. The topological polar surface area (TPSA) is 68.3 Å². The van der Waals surface area contributed by atoms with Crippen molar-refractivity contribution in [3.05, 3.63) is 71.4 Å². The summed E-state index contributed by atoms with van der Waals surface area (Å²) in [5.41, 5.74) is 1.64. The van der Waals surface area contributed by atoms with E-state index in [1.54, 1.807) is 54.7 Å². The number of hydrogen-bond donors (Lipinski definition) is 1. The number of rotatable bonds is 4. The van der Waals surface area contributed by atoms with E-state index < -0.39 is 18.0 Å². The lowest BCUT2D eigenvalue weighted by Gasteiger charge is -2.14. The molecule has 1 heterocycles. The van der Waals surface area contributed by atoms with Crippen LogP contribution in [0.4, 0.5) is 5.69 Å². The smallest absolute Gasteiger partial charge is 0.339 e. The summed E-state index contributed by atoms with van der Waals surface area (Å²) in [4.78, 5) is 28.8. The molecule has 0 aliphatic heterocycles. The Hall–Kier alpha value is -2.92. The molecule has 3 rings (SSSR count). The number of fused-ring (bicyclic) bond motifs is 1. The number of aromatic nitrogens is 1. The van der Waals surface area contributed by atoms with Gasteiger partial charge in [-0.1, -0.05) is 23.7 Å². The van der Waals surface area contributed by atoms with Gasteiger partial charge >= 0.3 is 5.97 Å². The first kappa shape index (κ1) is 16.9. The number of hydrogen-bond acceptors (Lipinski definition) is 4. The molecule has 0 fully saturated rings. The standard InChI is InChI=1S/C19H15ClN2O3/c1-12(18(23)22-14-9-7-13(20)8-10-14)25-19(24)16-4-2-6-17-15(16)5-3-11-21-17/h2-12H,1H3,(H,22,23). The number of carbonyl (C=O) groups excluding carboxylic acids is 2. The molecule has 1 amide bonds. The molecule has 0 spiro atoms. The second kappa shape index (κ2) is 7.32. The first-order chi connectivity index (χ1) is 12.0. The molecule has 2 aromatic carbocycles. The number of benzene rings is 2. The van der Waals surface area contributed by atoms with Crippen LogP contribution in [0.1, 0.15) is 17.3 Å². The maximum absolute atomic E-state index is 12.4. The first-order valence-corrected chi connectivity index (χ1v) is 8.03. The van der Waals surface area contributed by atoms with Crippen molar-refractivity contribution >= 4 is 40.1 Å². The van der Waals surface area contributed by atoms with Crippen LogP contribution >= 0.6 is 11.6 Å². The Bertz CT molecular complexity index is 920. The second-order valence-electron chi connectivity index (χ2n) is 5.42. The predicted molar refractivity (Wildman–Crippen MR) is 96.7 cm³/mol. The minimum Gasteiger partial charge on any atom is -0.449 e. The molecule has 0 saturated carbocycles. The van der Waals surface area contributed by atoms with Gasteiger partial charge in [0.15, 0.2) is 6.10 Å². The summed E-state index contributed by atoms with van der Waals surface area (Å²) in [7, 11) is 0. The minimum absolute atomic E-state index is 0.372. The maximum Gasteiger partial charge on any atom is 0.339 e. The van der Waals surface area contributed by atoms with E-state index in [1.165, 1.54) is 6.92 Å². The SMILES string of the molecule is CC(OC(=O)c1cccc2ncccc12)C(=O)Nc1ccc(Cl)cc1. The molecular formula is C19H15ClN2O3. The van der Waals surface area contributed by atoms with E-state index in [4.69, 9.17) is 16.3 Å². The number of halogens is 1. The lowest BCUT2D eigenvalue weighted by Crippen LogP contribution is -2.30. The summed E-state index contributed by atoms with van der Waals surface area (Å²) < 4.78 is 5.30. The first-order valence-electron chi connectivity index (χ1n) is 7.66. The molecule has 1 atom stereocenters. The Labute approximate surface area is 149 Å². The van der Waals surface area contributed by atoms with Gasteiger partial charge in [-0.05, 0) is 49.4 Å². The van der Waals surface area contributed by atoms with Crippen LogP contribution in [-0.2, 0) is 9.53 Å². The van der Waals surface area contributed by atoms with Crippen molar-refractivity contribution in [2.24, 2.45) is 0 Å². The van der Waals surface area contributed by atoms with Crippen LogP contribution in [0.2, 0.25) is 5.02 Å². The van der Waals surface area contributed by atoms with Crippen molar-refractivity contribution in [2.45, 2.75) is 13.0 Å². The molecule has 1 aromatic heterocycles. The summed E-state index contributed by atoms with van der Waals surface area (Å²) in [5.74, 6) is -0.994. The van der Waals surface area contributed by atoms with Gasteiger partial charge in [0.25, 0.3) is 5.91 Å². The average molecular weight is 355 g/mol. The molecule has 1 N–H and O–H groups in total. The molecule has 126 valence electrons. The summed E-state index contributed by atoms with van der Waals surface area (Å²) >= 11 is 5.81. The summed E-state index contributed by atoms with van der Waals surface area (Å²) in [6, 6.07) is 15.4. The van der Waals surface area contributed by atoms with Gasteiger partial charge < -0.3 is 10.1 Å². The third-order valence-corrected chi connectivity index (χ3v) is 3.88. The Kier molecular flexibility index (Phi) is 4.95. The van der Waals surface area contributed by atoms with Gasteiger partial charge in [-0.25, -0.2) is 4.79 Å². The van der Waals surface area contributed by atoms with E-state index in [1.807, 2.05) is 6.07 Å². The molecule has 0 aliphatic carbocycles. The van der Waals surface area contributed by atoms with Crippen molar-refractivity contribution in [3.8, 4) is 0 Å². The molecule has 0 aliphatic rings. The number of anilines is 1. The summed E-state index contributed by atoms with van der Waals surface area (Å²) in [5, 5.41) is 3.93. The van der Waals surface area contributed by atoms with Crippen LogP contribution in [0, 0.1) is 0 Å². The van der Waals surface area contributed by atoms with Crippen LogP contribution in [0.15, 0.2) is 60.8 Å². The van der Waals surface area contributed by atoms with Crippen molar-refractivity contribution in [2.75, 3.05) is 5.32 Å². The van der Waals surface area contributed by atoms with Gasteiger partial charge in [0.2, 0.25) is 0 Å². The molecule has 1 unspecified atom stereocenters. The van der Waals surface area contributed by atoms with Crippen molar-refractivity contribution in [1.29, 1.82) is 0 Å². The third kappa shape index (κ3) is 3.95. The highest BCUT2D eigenvalue weighted by Crippen LogP contribution is 2.18. The zero-order chi connectivity index (χ0) is 17.8. The van der Waals surface area contributed by atoms with Gasteiger partial charge in [0, 0.05) is 22.3 Å². The number of ether oxygens (including phenoxy) is 1. The van der Waals surface area contributed by atoms with Crippen molar-refractivity contribution in [1.82, 2.24) is 4.98 Å². The monoisotopic (exact) mass is 354 g/mol. The lowest BCUT2D eigenvalue weighted by molar-refractivity contribution is -0.123. The highest BCUT2D eigenvalue weighted by atomic mass is 35.5. The van der Waals surface area contributed by atoms with Crippen LogP contribution in [0.5, 0.6) is 0 Å². The zero-order valence-corrected chi connectivity index (χ0v) is 14.2. The number of nitrogens with zero attached hydrogens (tertiary/aromatic N) is 1. The fraction of sp³-hybridized carbons (Fsp3) is 0.105. The highest BCUT2D eigenvalue weighted by molar-refractivity contribution is 6.30. The molecule has 3 aromatic rings. The van der Waals surface area contributed by atoms with Crippen LogP contribution in [0.3, 0.4) is 0 Å². The predicted octanol–water partition coefficient (Wildman–Crippen LogP) is 4.07. The van der Waals surface area contributed by atoms with E-state index in [0.29, 0.717) is 27.2 Å². The van der Waals surface area contributed by atoms with Crippen molar-refractivity contribution in [3.63, 3.8) is 0 Å². The lowest BCUT2D eigenvalue weighted by atomic mass is 10.1. The van der Waals surface area contributed by atoms with Gasteiger partial charge in [0.05, 0.1) is 11.1 Å². The fourth-order valence-corrected chi connectivity index (χ4v) is 2.46. The van der Waals surface area contributed by atoms with Crippen LogP contribution in [0.25, 0.3) is 10.9 Å². The fourth-order valence-electron chi connectivity index (χ4n) is 2.34. The van der Waals surface area contributed by atoms with Gasteiger partial charge in [-0.15, -0.1) is 0 Å². The van der Waals surface area contributed by atoms with Gasteiger partial charge in [-0.2, -0.15) is 0 Å².